The Hall–Kier alpha value is -1.88. The van der Waals surface area contributed by atoms with Crippen molar-refractivity contribution in [2.45, 2.75) is 25.4 Å². The van der Waals surface area contributed by atoms with E-state index >= 15 is 0 Å². The molecule has 7 nitrogen and oxygen atoms in total. The zero-order valence-electron chi connectivity index (χ0n) is 13.6. The van der Waals surface area contributed by atoms with Crippen LogP contribution >= 0.6 is 0 Å². The number of nitrogens with one attached hydrogen (secondary N) is 1. The Kier molecular flexibility index (Phi) is 6.59. The Labute approximate surface area is 142 Å². The minimum absolute atomic E-state index is 0.176. The second kappa shape index (κ2) is 8.48. The molecule has 25 heavy (non-hydrogen) atoms. The van der Waals surface area contributed by atoms with Crippen molar-refractivity contribution in [1.29, 1.82) is 0 Å². The van der Waals surface area contributed by atoms with Crippen LogP contribution in [-0.4, -0.2) is 55.2 Å². The third-order valence-corrected chi connectivity index (χ3v) is 3.86. The van der Waals surface area contributed by atoms with Crippen molar-refractivity contribution >= 4 is 5.84 Å². The third-order valence-electron chi connectivity index (χ3n) is 3.86. The van der Waals surface area contributed by atoms with Crippen LogP contribution in [0.4, 0.5) is 13.2 Å². The smallest absolute Gasteiger partial charge is 0.195 e. The van der Waals surface area contributed by atoms with Crippen LogP contribution in [0.5, 0.6) is 0 Å². The molecule has 1 saturated heterocycles. The summed E-state index contributed by atoms with van der Waals surface area (Å²) in [5, 5.41) is 24.0. The molecule has 0 aliphatic carbocycles. The van der Waals surface area contributed by atoms with Crippen LogP contribution in [0.2, 0.25) is 0 Å². The molecule has 0 saturated carbocycles. The van der Waals surface area contributed by atoms with Gasteiger partial charge in [0, 0.05) is 12.7 Å². The van der Waals surface area contributed by atoms with Crippen LogP contribution in [0.15, 0.2) is 11.2 Å². The molecule has 1 aromatic rings. The van der Waals surface area contributed by atoms with E-state index in [1.807, 2.05) is 0 Å². The summed E-state index contributed by atoms with van der Waals surface area (Å²) in [5.74, 6) is -5.26. The highest BCUT2D eigenvalue weighted by Gasteiger charge is 2.30. The van der Waals surface area contributed by atoms with Gasteiger partial charge in [0.25, 0.3) is 0 Å². The number of oxime groups is 1. The number of nitrogens with zero attached hydrogens (tertiary/aromatic N) is 1. The summed E-state index contributed by atoms with van der Waals surface area (Å²) in [6, 6.07) is 0.142. The summed E-state index contributed by atoms with van der Waals surface area (Å²) in [7, 11) is 1.38. The van der Waals surface area contributed by atoms with Crippen molar-refractivity contribution in [3.05, 3.63) is 34.6 Å². The molecule has 1 fully saturated rings. The number of ether oxygens (including phenoxy) is 3. The topological polar surface area (TPSA) is 92.5 Å². The van der Waals surface area contributed by atoms with Crippen LogP contribution in [0.1, 0.15) is 24.3 Å². The summed E-state index contributed by atoms with van der Waals surface area (Å²) in [6.07, 6.45) is -1.74. The maximum Gasteiger partial charge on any atom is 0.195 e. The summed E-state index contributed by atoms with van der Waals surface area (Å²) in [4.78, 5) is 0. The van der Waals surface area contributed by atoms with E-state index in [9.17, 15) is 23.5 Å². The summed E-state index contributed by atoms with van der Waals surface area (Å²) in [5.41, 5.74) is -0.910. The summed E-state index contributed by atoms with van der Waals surface area (Å²) < 4.78 is 57.4. The van der Waals surface area contributed by atoms with Gasteiger partial charge in [-0.15, -0.1) is 0 Å². The van der Waals surface area contributed by atoms with Crippen molar-refractivity contribution in [2.24, 2.45) is 5.16 Å². The molecule has 0 spiro atoms. The van der Waals surface area contributed by atoms with Gasteiger partial charge in [0.2, 0.25) is 0 Å². The maximum atomic E-state index is 14.2. The first-order chi connectivity index (χ1) is 11.9. The molecule has 140 valence electrons. The minimum atomic E-state index is -1.75. The fourth-order valence-corrected chi connectivity index (χ4v) is 2.32. The van der Waals surface area contributed by atoms with Crippen LogP contribution in [0.3, 0.4) is 0 Å². The fraction of sp³-hybridized carbons (Fsp3) is 0.533. The molecule has 0 unspecified atom stereocenters. The van der Waals surface area contributed by atoms with Gasteiger partial charge < -0.3 is 29.8 Å². The first kappa shape index (κ1) is 19.4. The van der Waals surface area contributed by atoms with E-state index in [-0.39, 0.29) is 18.8 Å². The van der Waals surface area contributed by atoms with Gasteiger partial charge in [0.05, 0.1) is 37.5 Å². The van der Waals surface area contributed by atoms with Crippen molar-refractivity contribution < 1.29 is 37.7 Å². The van der Waals surface area contributed by atoms with Crippen molar-refractivity contribution in [2.75, 3.05) is 26.9 Å². The molecule has 1 aromatic carbocycles. The van der Waals surface area contributed by atoms with Gasteiger partial charge in [-0.2, -0.15) is 0 Å². The average Bonchev–Trinajstić information content (AvgIpc) is 3.15. The van der Waals surface area contributed by atoms with Gasteiger partial charge in [-0.25, -0.2) is 13.2 Å². The number of methoxy groups -OCH3 is 1. The lowest BCUT2D eigenvalue weighted by Crippen LogP contribution is -2.46. The quantitative estimate of drug-likeness (QED) is 0.231. The lowest BCUT2D eigenvalue weighted by Gasteiger charge is -2.24. The summed E-state index contributed by atoms with van der Waals surface area (Å²) >= 11 is 0. The standard InChI is InChI=1S/C15H19F3N2O5/c1-7(23-2)10(6-21)19-14(20-22)8-5-9(15-24-3-4-25-15)12(17)13(18)11(8)16/h5,7,10,15,21-22H,3-4,6H2,1-2H3,(H,19,20)/t7-,10+/m0/s1. The average molecular weight is 364 g/mol. The number of aliphatic hydroxyl groups is 1. The largest absolute Gasteiger partial charge is 0.409 e. The van der Waals surface area contributed by atoms with Crippen molar-refractivity contribution in [1.82, 2.24) is 5.32 Å². The Balaban J connectivity index is 2.41. The Morgan fingerprint density at radius 3 is 2.48 bits per heavy atom. The highest BCUT2D eigenvalue weighted by molar-refractivity contribution is 5.99. The van der Waals surface area contributed by atoms with E-state index in [0.717, 1.165) is 6.07 Å². The number of rotatable bonds is 6. The molecule has 2 rings (SSSR count). The molecule has 2 atom stereocenters. The molecule has 1 aliphatic heterocycles. The maximum absolute atomic E-state index is 14.2. The van der Waals surface area contributed by atoms with Crippen LogP contribution in [0, 0.1) is 17.5 Å². The molecule has 0 amide bonds. The number of amidine groups is 1. The number of aliphatic hydroxyl groups excluding tert-OH is 1. The van der Waals surface area contributed by atoms with Crippen molar-refractivity contribution in [3.63, 3.8) is 0 Å². The number of benzene rings is 1. The van der Waals surface area contributed by atoms with E-state index < -0.39 is 53.9 Å². The first-order valence-corrected chi connectivity index (χ1v) is 7.47. The lowest BCUT2D eigenvalue weighted by atomic mass is 10.1. The second-order valence-corrected chi connectivity index (χ2v) is 5.35. The highest BCUT2D eigenvalue weighted by Crippen LogP contribution is 2.30. The van der Waals surface area contributed by atoms with E-state index in [4.69, 9.17) is 14.2 Å². The lowest BCUT2D eigenvalue weighted by molar-refractivity contribution is -0.0469. The van der Waals surface area contributed by atoms with Crippen molar-refractivity contribution in [3.8, 4) is 0 Å². The van der Waals surface area contributed by atoms with Gasteiger partial charge in [-0.05, 0) is 13.0 Å². The van der Waals surface area contributed by atoms with E-state index in [1.54, 1.807) is 6.92 Å². The Morgan fingerprint density at radius 1 is 1.32 bits per heavy atom. The zero-order chi connectivity index (χ0) is 18.6. The SMILES string of the molecule is CO[C@@H](C)[C@@H](CO)N/C(=N\O)c1cc(C2OCCO2)c(F)c(F)c1F. The minimum Gasteiger partial charge on any atom is -0.409 e. The van der Waals surface area contributed by atoms with Crippen LogP contribution < -0.4 is 5.32 Å². The van der Waals surface area contributed by atoms with Gasteiger partial charge in [-0.3, -0.25) is 0 Å². The molecule has 10 heteroatoms. The highest BCUT2D eigenvalue weighted by atomic mass is 19.2. The monoisotopic (exact) mass is 364 g/mol. The second-order valence-electron chi connectivity index (χ2n) is 5.35. The van der Waals surface area contributed by atoms with Gasteiger partial charge in [-0.1, -0.05) is 5.16 Å². The number of halogens is 3. The summed E-state index contributed by atoms with van der Waals surface area (Å²) in [6.45, 7) is 1.52. The molecular weight excluding hydrogens is 345 g/mol. The van der Waals surface area contributed by atoms with E-state index in [0.29, 0.717) is 0 Å². The van der Waals surface area contributed by atoms with Gasteiger partial charge in [0.15, 0.2) is 29.6 Å². The Bertz CT molecular complexity index is 638. The normalized spacial score (nSPS) is 18.4. The van der Waals surface area contributed by atoms with E-state index in [2.05, 4.69) is 10.5 Å². The fourth-order valence-electron chi connectivity index (χ4n) is 2.32. The zero-order valence-corrected chi connectivity index (χ0v) is 13.6. The first-order valence-electron chi connectivity index (χ1n) is 7.47. The van der Waals surface area contributed by atoms with E-state index in [1.165, 1.54) is 7.11 Å². The molecule has 1 aliphatic rings. The van der Waals surface area contributed by atoms with Crippen LogP contribution in [-0.2, 0) is 14.2 Å². The van der Waals surface area contributed by atoms with Gasteiger partial charge in [0.1, 0.15) is 0 Å². The number of hydrogen-bond acceptors (Lipinski definition) is 6. The van der Waals surface area contributed by atoms with Crippen LogP contribution in [0.25, 0.3) is 0 Å². The molecule has 1 heterocycles. The third kappa shape index (κ3) is 4.03. The molecule has 3 N–H and O–H groups in total. The molecule has 0 aromatic heterocycles. The van der Waals surface area contributed by atoms with Gasteiger partial charge >= 0.3 is 0 Å². The molecule has 0 radical (unpaired) electrons. The molecule has 0 bridgehead atoms. The number of hydrogen-bond donors (Lipinski definition) is 3. The molecular formula is C15H19F3N2O5. The predicted octanol–water partition coefficient (Wildman–Crippen LogP) is 1.27. The predicted molar refractivity (Wildman–Crippen MR) is 79.8 cm³/mol. The Morgan fingerprint density at radius 2 is 1.96 bits per heavy atom.